The molecule has 0 aromatic carbocycles. The molecule has 0 amide bonds. The van der Waals surface area contributed by atoms with Crippen LogP contribution in [0.4, 0.5) is 0 Å². The molecular weight excluding hydrogens is 264 g/mol. The van der Waals surface area contributed by atoms with Gasteiger partial charge in [-0.05, 0) is 32.2 Å². The molecule has 4 nitrogen and oxygen atoms in total. The van der Waals surface area contributed by atoms with E-state index in [2.05, 4.69) is 9.80 Å². The van der Waals surface area contributed by atoms with Crippen molar-refractivity contribution in [3.05, 3.63) is 0 Å². The van der Waals surface area contributed by atoms with Crippen molar-refractivity contribution in [1.82, 2.24) is 9.80 Å². The summed E-state index contributed by atoms with van der Waals surface area (Å²) in [4.78, 5) is 17.4. The van der Waals surface area contributed by atoms with Gasteiger partial charge in [0.2, 0.25) is 0 Å². The number of rotatable bonds is 4. The minimum Gasteiger partial charge on any atom is -0.379 e. The van der Waals surface area contributed by atoms with Gasteiger partial charge in [0.25, 0.3) is 0 Å². The lowest BCUT2D eigenvalue weighted by Crippen LogP contribution is -2.50. The molecule has 3 aliphatic rings. The fourth-order valence-electron chi connectivity index (χ4n) is 4.26. The zero-order valence-electron chi connectivity index (χ0n) is 13.3. The number of hydrogen-bond donors (Lipinski definition) is 0. The van der Waals surface area contributed by atoms with Crippen LogP contribution in [-0.2, 0) is 9.53 Å². The molecule has 120 valence electrons. The second-order valence-electron chi connectivity index (χ2n) is 6.87. The molecule has 21 heavy (non-hydrogen) atoms. The van der Waals surface area contributed by atoms with Crippen molar-refractivity contribution in [2.24, 2.45) is 5.92 Å². The summed E-state index contributed by atoms with van der Waals surface area (Å²) in [7, 11) is 0. The van der Waals surface area contributed by atoms with Gasteiger partial charge in [-0.15, -0.1) is 0 Å². The molecule has 2 aliphatic heterocycles. The van der Waals surface area contributed by atoms with Crippen molar-refractivity contribution < 1.29 is 9.53 Å². The summed E-state index contributed by atoms with van der Waals surface area (Å²) in [6.45, 7) is 7.37. The van der Waals surface area contributed by atoms with E-state index in [1.54, 1.807) is 0 Å². The Morgan fingerprint density at radius 1 is 0.952 bits per heavy atom. The summed E-state index contributed by atoms with van der Waals surface area (Å²) in [6.07, 6.45) is 8.19. The fraction of sp³-hybridized carbons (Fsp3) is 0.941. The normalized spacial score (nSPS) is 33.2. The van der Waals surface area contributed by atoms with Crippen molar-refractivity contribution in [3.8, 4) is 0 Å². The Kier molecular flexibility index (Phi) is 5.67. The molecule has 0 radical (unpaired) electrons. The van der Waals surface area contributed by atoms with E-state index < -0.39 is 0 Å². The predicted octanol–water partition coefficient (Wildman–Crippen LogP) is 1.93. The fourth-order valence-corrected chi connectivity index (χ4v) is 4.26. The maximum Gasteiger partial charge on any atom is 0.137 e. The van der Waals surface area contributed by atoms with Gasteiger partial charge in [-0.2, -0.15) is 0 Å². The van der Waals surface area contributed by atoms with E-state index in [1.807, 2.05) is 0 Å². The SMILES string of the molecule is O=C1CCCCC1C1CCCCN1CCN1CCOCC1. The summed E-state index contributed by atoms with van der Waals surface area (Å²) >= 11 is 0. The highest BCUT2D eigenvalue weighted by atomic mass is 16.5. The number of nitrogens with zero attached hydrogens (tertiary/aromatic N) is 2. The summed E-state index contributed by atoms with van der Waals surface area (Å²) in [5.74, 6) is 0.883. The maximum absolute atomic E-state index is 12.3. The van der Waals surface area contributed by atoms with Crippen molar-refractivity contribution >= 4 is 5.78 Å². The van der Waals surface area contributed by atoms with Gasteiger partial charge in [0.05, 0.1) is 13.2 Å². The maximum atomic E-state index is 12.3. The molecule has 3 rings (SSSR count). The quantitative estimate of drug-likeness (QED) is 0.793. The molecule has 4 heteroatoms. The number of Topliss-reactive ketones (excluding diaryl/α,β-unsaturated/α-hetero) is 1. The van der Waals surface area contributed by atoms with E-state index in [1.165, 1.54) is 32.2 Å². The lowest BCUT2D eigenvalue weighted by Gasteiger charge is -2.42. The van der Waals surface area contributed by atoms with Crippen LogP contribution in [0.2, 0.25) is 0 Å². The number of likely N-dealkylation sites (tertiary alicyclic amines) is 1. The highest BCUT2D eigenvalue weighted by Gasteiger charge is 2.35. The van der Waals surface area contributed by atoms with Crippen molar-refractivity contribution in [2.45, 2.75) is 51.0 Å². The van der Waals surface area contributed by atoms with Gasteiger partial charge in [0.15, 0.2) is 0 Å². The van der Waals surface area contributed by atoms with Gasteiger partial charge >= 0.3 is 0 Å². The number of ketones is 1. The Morgan fingerprint density at radius 3 is 2.57 bits per heavy atom. The van der Waals surface area contributed by atoms with Gasteiger partial charge in [-0.25, -0.2) is 0 Å². The monoisotopic (exact) mass is 294 g/mol. The van der Waals surface area contributed by atoms with Crippen LogP contribution in [0.25, 0.3) is 0 Å². The smallest absolute Gasteiger partial charge is 0.137 e. The Labute approximate surface area is 128 Å². The largest absolute Gasteiger partial charge is 0.379 e. The molecule has 3 fully saturated rings. The average Bonchev–Trinajstić information content (AvgIpc) is 2.55. The Morgan fingerprint density at radius 2 is 1.76 bits per heavy atom. The Hall–Kier alpha value is -0.450. The van der Waals surface area contributed by atoms with Crippen LogP contribution in [0, 0.1) is 5.92 Å². The first kappa shape index (κ1) is 15.4. The van der Waals surface area contributed by atoms with E-state index in [0.29, 0.717) is 17.7 Å². The van der Waals surface area contributed by atoms with Crippen LogP contribution in [0.1, 0.15) is 44.9 Å². The molecule has 0 bridgehead atoms. The molecule has 2 saturated heterocycles. The number of carbonyl (C=O) groups excluding carboxylic acids is 1. The minimum absolute atomic E-state index is 0.337. The minimum atomic E-state index is 0.337. The lowest BCUT2D eigenvalue weighted by molar-refractivity contribution is -0.127. The van der Waals surface area contributed by atoms with Crippen molar-refractivity contribution in [3.63, 3.8) is 0 Å². The van der Waals surface area contributed by atoms with E-state index in [9.17, 15) is 4.79 Å². The van der Waals surface area contributed by atoms with Gasteiger partial charge in [0, 0.05) is 44.6 Å². The van der Waals surface area contributed by atoms with Gasteiger partial charge in [0.1, 0.15) is 5.78 Å². The van der Waals surface area contributed by atoms with Crippen LogP contribution < -0.4 is 0 Å². The van der Waals surface area contributed by atoms with Crippen LogP contribution in [0.3, 0.4) is 0 Å². The second kappa shape index (κ2) is 7.70. The van der Waals surface area contributed by atoms with Gasteiger partial charge < -0.3 is 4.74 Å². The summed E-state index contributed by atoms with van der Waals surface area (Å²) in [5.41, 5.74) is 0. The lowest BCUT2D eigenvalue weighted by atomic mass is 9.79. The van der Waals surface area contributed by atoms with E-state index in [-0.39, 0.29) is 0 Å². The molecule has 1 aliphatic carbocycles. The highest BCUT2D eigenvalue weighted by Crippen LogP contribution is 2.31. The molecule has 2 unspecified atom stereocenters. The zero-order chi connectivity index (χ0) is 14.5. The predicted molar refractivity (Wildman–Crippen MR) is 83.4 cm³/mol. The zero-order valence-corrected chi connectivity index (χ0v) is 13.3. The number of hydrogen-bond acceptors (Lipinski definition) is 4. The first-order chi connectivity index (χ1) is 10.3. The third kappa shape index (κ3) is 4.05. The van der Waals surface area contributed by atoms with Crippen LogP contribution in [0.5, 0.6) is 0 Å². The van der Waals surface area contributed by atoms with Crippen molar-refractivity contribution in [1.29, 1.82) is 0 Å². The molecular formula is C17H30N2O2. The number of ether oxygens (including phenoxy) is 1. The molecule has 2 atom stereocenters. The Bertz CT molecular complexity index is 342. The standard InChI is InChI=1S/C17H30N2O2/c20-17-7-2-1-5-15(17)16-6-3-4-8-19(16)10-9-18-11-13-21-14-12-18/h15-16H,1-14H2. The van der Waals surface area contributed by atoms with Gasteiger partial charge in [-0.1, -0.05) is 12.8 Å². The first-order valence-corrected chi connectivity index (χ1v) is 8.91. The van der Waals surface area contributed by atoms with Crippen LogP contribution in [0.15, 0.2) is 0 Å². The Balaban J connectivity index is 1.54. The first-order valence-electron chi connectivity index (χ1n) is 8.91. The summed E-state index contributed by atoms with van der Waals surface area (Å²) < 4.78 is 5.42. The van der Waals surface area contributed by atoms with E-state index in [0.717, 1.165) is 58.7 Å². The molecule has 0 spiro atoms. The summed E-state index contributed by atoms with van der Waals surface area (Å²) in [5, 5.41) is 0. The number of piperidine rings is 1. The summed E-state index contributed by atoms with van der Waals surface area (Å²) in [6, 6.07) is 0.535. The third-order valence-corrected chi connectivity index (χ3v) is 5.54. The molecule has 1 saturated carbocycles. The number of morpholine rings is 1. The molecule has 2 heterocycles. The van der Waals surface area contributed by atoms with Crippen molar-refractivity contribution in [2.75, 3.05) is 45.9 Å². The van der Waals surface area contributed by atoms with Crippen LogP contribution >= 0.6 is 0 Å². The van der Waals surface area contributed by atoms with E-state index in [4.69, 9.17) is 4.74 Å². The van der Waals surface area contributed by atoms with Gasteiger partial charge in [-0.3, -0.25) is 14.6 Å². The average molecular weight is 294 g/mol. The highest BCUT2D eigenvalue weighted by molar-refractivity contribution is 5.82. The third-order valence-electron chi connectivity index (χ3n) is 5.54. The number of carbonyl (C=O) groups is 1. The molecule has 0 N–H and O–H groups in total. The van der Waals surface area contributed by atoms with E-state index >= 15 is 0 Å². The van der Waals surface area contributed by atoms with Crippen LogP contribution in [-0.4, -0.2) is 67.6 Å². The molecule has 0 aromatic heterocycles. The second-order valence-corrected chi connectivity index (χ2v) is 6.87. The topological polar surface area (TPSA) is 32.8 Å². The molecule has 0 aromatic rings.